The summed E-state index contributed by atoms with van der Waals surface area (Å²) in [6.07, 6.45) is 0. The van der Waals surface area contributed by atoms with Crippen molar-refractivity contribution in [2.75, 3.05) is 0 Å². The maximum atomic E-state index is 0. The van der Waals surface area contributed by atoms with Gasteiger partial charge in [-0.2, -0.15) is 0 Å². The fourth-order valence-corrected chi connectivity index (χ4v) is 0. The van der Waals surface area contributed by atoms with E-state index in [1.54, 1.807) is 0 Å². The van der Waals surface area contributed by atoms with Crippen molar-refractivity contribution in [2.24, 2.45) is 0 Å². The average molecular weight is 161 g/mol. The van der Waals surface area contributed by atoms with Gasteiger partial charge in [-0.25, -0.2) is 0 Å². The third kappa shape index (κ3) is 17.9. The minimum absolute atomic E-state index is 0. The average Bonchev–Trinajstić information content (AvgIpc) is 0. The van der Waals surface area contributed by atoms with Gasteiger partial charge in [-0.15, -0.1) is 24.8 Å². The van der Waals surface area contributed by atoms with Gasteiger partial charge in [-0.1, -0.05) is 0 Å². The molecule has 0 spiro atoms. The molecular weight excluding hydrogens is 156 g/mol. The Labute approximate surface area is 136 Å². The zero-order valence-corrected chi connectivity index (χ0v) is 12.6. The molecule has 0 aromatic rings. The molecule has 0 N–H and O–H groups in total. The molecule has 5 heteroatoms. The Hall–Kier alpha value is 4.22. The van der Waals surface area contributed by atoms with Crippen LogP contribution in [0, 0.1) is 0 Å². The predicted molar refractivity (Wildman–Crippen MR) is 17.8 cm³/mol. The molecule has 0 bridgehead atoms. The molecule has 22 valence electrons. The van der Waals surface area contributed by atoms with Crippen molar-refractivity contribution < 1.29 is 115 Å². The smallest absolute Gasteiger partial charge is 1.00 e. The van der Waals surface area contributed by atoms with E-state index >= 15 is 0 Å². The minimum atomic E-state index is 0. The summed E-state index contributed by atoms with van der Waals surface area (Å²) >= 11 is 0. The molecule has 0 amide bonds. The molecule has 0 unspecified atom stereocenters. The first kappa shape index (κ1) is 35.0. The van der Waals surface area contributed by atoms with E-state index in [4.69, 9.17) is 0 Å². The third-order valence-electron chi connectivity index (χ3n) is 0. The van der Waals surface area contributed by atoms with E-state index < -0.39 is 0 Å². The van der Waals surface area contributed by atoms with Crippen molar-refractivity contribution in [3.05, 3.63) is 0 Å². The molecule has 0 saturated heterocycles. The molecule has 0 radical (unpaired) electrons. The van der Waals surface area contributed by atoms with Gasteiger partial charge in [0.05, 0.1) is 0 Å². The largest absolute Gasteiger partial charge is 1.00 e. The summed E-state index contributed by atoms with van der Waals surface area (Å²) in [5.41, 5.74) is 0. The van der Waals surface area contributed by atoms with Crippen LogP contribution in [-0.4, -0.2) is 0 Å². The Kier molecular flexibility index (Phi) is 168. The zero-order valence-electron chi connectivity index (χ0n) is 6.82. The molecule has 0 fully saturated rings. The first-order valence-corrected chi connectivity index (χ1v) is 0. The van der Waals surface area contributed by atoms with Crippen LogP contribution < -0.4 is 110 Å². The molecule has 0 rings (SSSR count). The van der Waals surface area contributed by atoms with Crippen LogP contribution in [-0.2, 0) is 0 Å². The molecule has 0 aromatic heterocycles. The molecule has 0 aliphatic rings. The van der Waals surface area contributed by atoms with Crippen molar-refractivity contribution >= 4 is 24.8 Å². The summed E-state index contributed by atoms with van der Waals surface area (Å²) in [6.45, 7) is 0. The first-order valence-electron chi connectivity index (χ1n) is 0. The van der Waals surface area contributed by atoms with Gasteiger partial charge < -0.3 is 4.28 Å². The Morgan fingerprint density at radius 3 is 0.800 bits per heavy atom. The van der Waals surface area contributed by atoms with Crippen LogP contribution in [0.3, 0.4) is 0 Å². The van der Waals surface area contributed by atoms with Crippen LogP contribution in [0.5, 0.6) is 0 Å². The van der Waals surface area contributed by atoms with Crippen LogP contribution in [0.25, 0.3) is 0 Å². The summed E-state index contributed by atoms with van der Waals surface area (Å²) in [7, 11) is 0. The van der Waals surface area contributed by atoms with E-state index in [9.17, 15) is 0 Å². The Morgan fingerprint density at radius 2 is 0.800 bits per heavy atom. The third-order valence-corrected chi connectivity index (χ3v) is 0. The molecule has 5 heavy (non-hydrogen) atoms. The number of hydrogen-bond donors (Lipinski definition) is 0. The van der Waals surface area contributed by atoms with Crippen molar-refractivity contribution in [1.82, 2.24) is 0 Å². The van der Waals surface area contributed by atoms with E-state index in [1.807, 2.05) is 0 Å². The molecule has 0 saturated carbocycles. The normalized spacial score (nSPS) is 0. The summed E-state index contributed by atoms with van der Waals surface area (Å²) in [5.74, 6) is 0. The van der Waals surface area contributed by atoms with Crippen LogP contribution in [0.15, 0.2) is 0 Å². The van der Waals surface area contributed by atoms with E-state index in [-0.39, 0.29) is 140 Å². The second-order valence-corrected chi connectivity index (χ2v) is 0. The predicted octanol–water partition coefficient (Wildman–Crippen LogP) is -7.81. The number of hydrogen-bond acceptors (Lipinski definition) is 0. The monoisotopic (exact) mass is 160 g/mol. The standard InChI is InChI=1S/2ClH.K.2Na.3H/h2*1H;;;;;;/q;;3*+1;3*-1. The van der Waals surface area contributed by atoms with Gasteiger partial charge in [-0.05, 0) is 0 Å². The Bertz CT molecular complexity index is 15.2. The van der Waals surface area contributed by atoms with Crippen LogP contribution in [0.4, 0.5) is 0 Å². The summed E-state index contributed by atoms with van der Waals surface area (Å²) in [4.78, 5) is 0. The summed E-state index contributed by atoms with van der Waals surface area (Å²) in [6, 6.07) is 0. The van der Waals surface area contributed by atoms with E-state index in [2.05, 4.69) is 0 Å². The molecule has 0 nitrogen and oxygen atoms in total. The first-order chi connectivity index (χ1) is 0. The fourth-order valence-electron chi connectivity index (χ4n) is 0. The maximum absolute atomic E-state index is 0. The fraction of sp³-hybridized carbons (Fsp3) is 0. The zero-order chi connectivity index (χ0) is 0. The van der Waals surface area contributed by atoms with Gasteiger partial charge in [0.15, 0.2) is 0 Å². The second kappa shape index (κ2) is 24.1. The Morgan fingerprint density at radius 1 is 0.800 bits per heavy atom. The minimum Gasteiger partial charge on any atom is -1.00 e. The van der Waals surface area contributed by atoms with Crippen LogP contribution in [0.1, 0.15) is 4.28 Å². The van der Waals surface area contributed by atoms with Crippen LogP contribution in [0.2, 0.25) is 0 Å². The molecular formula is H5Cl2KNa2. The van der Waals surface area contributed by atoms with Crippen molar-refractivity contribution in [2.45, 2.75) is 0 Å². The van der Waals surface area contributed by atoms with Gasteiger partial charge in [-0.3, -0.25) is 0 Å². The molecule has 0 atom stereocenters. The van der Waals surface area contributed by atoms with Crippen molar-refractivity contribution in [1.29, 1.82) is 0 Å². The van der Waals surface area contributed by atoms with Gasteiger partial charge in [0, 0.05) is 0 Å². The molecule has 0 heterocycles. The summed E-state index contributed by atoms with van der Waals surface area (Å²) in [5, 5.41) is 0. The van der Waals surface area contributed by atoms with Gasteiger partial charge in [0.2, 0.25) is 0 Å². The van der Waals surface area contributed by atoms with Gasteiger partial charge in [0.1, 0.15) is 0 Å². The molecule has 0 aliphatic heterocycles. The van der Waals surface area contributed by atoms with E-state index in [0.717, 1.165) is 0 Å². The summed E-state index contributed by atoms with van der Waals surface area (Å²) < 4.78 is 0. The SMILES string of the molecule is Cl.Cl.[H-].[H-].[H-].[K+].[Na+].[Na+]. The van der Waals surface area contributed by atoms with E-state index in [0.29, 0.717) is 0 Å². The van der Waals surface area contributed by atoms with Crippen molar-refractivity contribution in [3.63, 3.8) is 0 Å². The van der Waals surface area contributed by atoms with Crippen LogP contribution >= 0.6 is 24.8 Å². The quantitative estimate of drug-likeness (QED) is 0.309. The van der Waals surface area contributed by atoms with E-state index in [1.165, 1.54) is 0 Å². The van der Waals surface area contributed by atoms with Gasteiger partial charge in [0.25, 0.3) is 0 Å². The van der Waals surface area contributed by atoms with Crippen molar-refractivity contribution in [3.8, 4) is 0 Å². The number of halogens is 2. The van der Waals surface area contributed by atoms with Gasteiger partial charge >= 0.3 is 110 Å². The number of rotatable bonds is 0. The maximum Gasteiger partial charge on any atom is 1.00 e. The topological polar surface area (TPSA) is 0 Å². The molecule has 0 aromatic carbocycles. The Balaban J connectivity index is 0. The second-order valence-electron chi connectivity index (χ2n) is 0. The molecule has 0 aliphatic carbocycles.